The normalized spacial score (nSPS) is 11.9. The number of hydrogen-bond acceptors (Lipinski definition) is 4. The molecule has 21 heavy (non-hydrogen) atoms. The van der Waals surface area contributed by atoms with Crippen molar-refractivity contribution in [2.24, 2.45) is 0 Å². The summed E-state index contributed by atoms with van der Waals surface area (Å²) in [6.45, 7) is 1.70. The highest BCUT2D eigenvalue weighted by Gasteiger charge is 2.23. The first kappa shape index (κ1) is 14.6. The second-order valence-electron chi connectivity index (χ2n) is 4.67. The monoisotopic (exact) mass is 289 g/mol. The first-order chi connectivity index (χ1) is 9.97. The molecule has 0 aliphatic heterocycles. The van der Waals surface area contributed by atoms with Gasteiger partial charge in [0.25, 0.3) is 5.91 Å². The van der Waals surface area contributed by atoms with Crippen LogP contribution >= 0.6 is 0 Å². The van der Waals surface area contributed by atoms with Crippen LogP contribution in [-0.2, 0) is 11.2 Å². The maximum atomic E-state index is 12.0. The Morgan fingerprint density at radius 3 is 2.43 bits per heavy atom. The van der Waals surface area contributed by atoms with E-state index in [1.165, 1.54) is 18.4 Å². The number of carbonyl (C=O) groups excluding carboxylic acids is 1. The molecule has 1 aromatic heterocycles. The molecule has 3 N–H and O–H groups in total. The van der Waals surface area contributed by atoms with Gasteiger partial charge in [0.05, 0.1) is 6.26 Å². The zero-order valence-electron chi connectivity index (χ0n) is 11.4. The lowest BCUT2D eigenvalue weighted by Crippen LogP contribution is -2.42. The molecule has 1 unspecified atom stereocenters. The van der Waals surface area contributed by atoms with Crippen LogP contribution in [0.25, 0.3) is 0 Å². The summed E-state index contributed by atoms with van der Waals surface area (Å²) < 4.78 is 5.03. The van der Waals surface area contributed by atoms with Crippen LogP contribution in [0.2, 0.25) is 0 Å². The third kappa shape index (κ3) is 3.62. The molecular formula is C15H15NO5. The lowest BCUT2D eigenvalue weighted by atomic mass is 10.1. The number of aliphatic carboxylic acids is 1. The third-order valence-corrected chi connectivity index (χ3v) is 3.05. The Hall–Kier alpha value is -2.76. The fraction of sp³-hybridized carbons (Fsp3) is 0.200. The first-order valence-electron chi connectivity index (χ1n) is 6.33. The van der Waals surface area contributed by atoms with Gasteiger partial charge >= 0.3 is 5.97 Å². The van der Waals surface area contributed by atoms with E-state index in [0.717, 1.165) is 0 Å². The number of carboxylic acids is 1. The molecule has 0 aliphatic rings. The summed E-state index contributed by atoms with van der Waals surface area (Å²) in [6, 6.07) is 6.70. The Morgan fingerprint density at radius 1 is 1.24 bits per heavy atom. The number of benzene rings is 1. The molecule has 2 aromatic rings. The third-order valence-electron chi connectivity index (χ3n) is 3.05. The van der Waals surface area contributed by atoms with Gasteiger partial charge in [0, 0.05) is 12.0 Å². The van der Waals surface area contributed by atoms with Gasteiger partial charge in [-0.2, -0.15) is 0 Å². The molecule has 0 spiro atoms. The van der Waals surface area contributed by atoms with Crippen molar-refractivity contribution in [2.75, 3.05) is 0 Å². The van der Waals surface area contributed by atoms with Crippen LogP contribution in [-0.4, -0.2) is 28.1 Å². The predicted molar refractivity (Wildman–Crippen MR) is 74.1 cm³/mol. The Kier molecular flexibility index (Phi) is 4.27. The van der Waals surface area contributed by atoms with Crippen LogP contribution < -0.4 is 5.32 Å². The van der Waals surface area contributed by atoms with E-state index in [9.17, 15) is 19.8 Å². The standard InChI is InChI=1S/C15H15NO5/c1-9-6-7-21-13(9)14(18)16-12(15(19)20)8-10-2-4-11(17)5-3-10/h2-7,12,17H,8H2,1H3,(H,16,18)(H,19,20). The van der Waals surface area contributed by atoms with Crippen molar-refractivity contribution in [3.05, 3.63) is 53.5 Å². The summed E-state index contributed by atoms with van der Waals surface area (Å²) in [5.41, 5.74) is 1.33. The fourth-order valence-corrected chi connectivity index (χ4v) is 1.90. The molecule has 110 valence electrons. The molecule has 1 heterocycles. The molecule has 2 rings (SSSR count). The number of rotatable bonds is 5. The van der Waals surface area contributed by atoms with Gasteiger partial charge in [0.1, 0.15) is 11.8 Å². The number of amides is 1. The van der Waals surface area contributed by atoms with Crippen molar-refractivity contribution in [1.29, 1.82) is 0 Å². The molecule has 0 bridgehead atoms. The SMILES string of the molecule is Cc1ccoc1C(=O)NC(Cc1ccc(O)cc1)C(=O)O. The topological polar surface area (TPSA) is 99.8 Å². The van der Waals surface area contributed by atoms with Gasteiger partial charge in [-0.05, 0) is 30.7 Å². The van der Waals surface area contributed by atoms with Gasteiger partial charge in [-0.3, -0.25) is 4.79 Å². The first-order valence-corrected chi connectivity index (χ1v) is 6.33. The van der Waals surface area contributed by atoms with Crippen molar-refractivity contribution >= 4 is 11.9 Å². The highest BCUT2D eigenvalue weighted by Crippen LogP contribution is 2.13. The number of phenolic OH excluding ortho intramolecular Hbond substituents is 1. The van der Waals surface area contributed by atoms with Gasteiger partial charge in [-0.25, -0.2) is 4.79 Å². The summed E-state index contributed by atoms with van der Waals surface area (Å²) >= 11 is 0. The van der Waals surface area contributed by atoms with Crippen LogP contribution in [0.3, 0.4) is 0 Å². The van der Waals surface area contributed by atoms with Crippen LogP contribution in [0.5, 0.6) is 5.75 Å². The number of aryl methyl sites for hydroxylation is 1. The number of carbonyl (C=O) groups is 2. The van der Waals surface area contributed by atoms with Crippen LogP contribution in [0.1, 0.15) is 21.7 Å². The Morgan fingerprint density at radius 2 is 1.90 bits per heavy atom. The molecule has 6 heteroatoms. The van der Waals surface area contributed by atoms with Gasteiger partial charge < -0.3 is 19.9 Å². The largest absolute Gasteiger partial charge is 0.508 e. The van der Waals surface area contributed by atoms with Crippen molar-refractivity contribution in [3.63, 3.8) is 0 Å². The van der Waals surface area contributed by atoms with Crippen molar-refractivity contribution in [3.8, 4) is 5.75 Å². The minimum atomic E-state index is -1.14. The summed E-state index contributed by atoms with van der Waals surface area (Å²) in [4.78, 5) is 23.2. The van der Waals surface area contributed by atoms with E-state index in [-0.39, 0.29) is 17.9 Å². The summed E-state index contributed by atoms with van der Waals surface area (Å²) in [5, 5.41) is 20.8. The van der Waals surface area contributed by atoms with E-state index in [1.807, 2.05) is 0 Å². The minimum absolute atomic E-state index is 0.0980. The van der Waals surface area contributed by atoms with Crippen LogP contribution in [0.15, 0.2) is 41.0 Å². The fourth-order valence-electron chi connectivity index (χ4n) is 1.90. The van der Waals surface area contributed by atoms with Gasteiger partial charge in [-0.15, -0.1) is 0 Å². The zero-order valence-corrected chi connectivity index (χ0v) is 11.4. The molecule has 0 saturated carbocycles. The summed E-state index contributed by atoms with van der Waals surface area (Å²) in [5.74, 6) is -1.50. The lowest BCUT2D eigenvalue weighted by Gasteiger charge is -2.14. The van der Waals surface area contributed by atoms with Crippen molar-refractivity contribution < 1.29 is 24.2 Å². The Balaban J connectivity index is 2.09. The highest BCUT2D eigenvalue weighted by molar-refractivity contribution is 5.95. The molecule has 1 amide bonds. The number of furan rings is 1. The second kappa shape index (κ2) is 6.13. The average molecular weight is 289 g/mol. The van der Waals surface area contributed by atoms with E-state index in [4.69, 9.17) is 4.42 Å². The van der Waals surface area contributed by atoms with Crippen molar-refractivity contribution in [2.45, 2.75) is 19.4 Å². The van der Waals surface area contributed by atoms with E-state index in [1.54, 1.807) is 25.1 Å². The number of nitrogens with one attached hydrogen (secondary N) is 1. The van der Waals surface area contributed by atoms with E-state index >= 15 is 0 Å². The summed E-state index contributed by atoms with van der Waals surface area (Å²) in [6.07, 6.45) is 1.49. The number of phenols is 1. The van der Waals surface area contributed by atoms with Crippen LogP contribution in [0.4, 0.5) is 0 Å². The number of aromatic hydroxyl groups is 1. The Labute approximate surface area is 121 Å². The minimum Gasteiger partial charge on any atom is -0.508 e. The summed E-state index contributed by atoms with van der Waals surface area (Å²) in [7, 11) is 0. The molecule has 0 aliphatic carbocycles. The van der Waals surface area contributed by atoms with E-state index in [2.05, 4.69) is 5.32 Å². The van der Waals surface area contributed by atoms with Crippen LogP contribution in [0, 0.1) is 6.92 Å². The molecule has 0 radical (unpaired) electrons. The van der Waals surface area contributed by atoms with E-state index in [0.29, 0.717) is 11.1 Å². The highest BCUT2D eigenvalue weighted by atomic mass is 16.4. The van der Waals surface area contributed by atoms with Gasteiger partial charge in [-0.1, -0.05) is 12.1 Å². The van der Waals surface area contributed by atoms with Gasteiger partial charge in [0.2, 0.25) is 0 Å². The zero-order chi connectivity index (χ0) is 15.4. The molecule has 6 nitrogen and oxygen atoms in total. The quantitative estimate of drug-likeness (QED) is 0.778. The average Bonchev–Trinajstić information content (AvgIpc) is 2.86. The van der Waals surface area contributed by atoms with E-state index < -0.39 is 17.9 Å². The number of carboxylic acid groups (broad SMARTS) is 1. The molecule has 0 saturated heterocycles. The lowest BCUT2D eigenvalue weighted by molar-refractivity contribution is -0.139. The molecule has 1 aromatic carbocycles. The molecular weight excluding hydrogens is 274 g/mol. The van der Waals surface area contributed by atoms with Crippen molar-refractivity contribution in [1.82, 2.24) is 5.32 Å². The van der Waals surface area contributed by atoms with Gasteiger partial charge in [0.15, 0.2) is 5.76 Å². The second-order valence-corrected chi connectivity index (χ2v) is 4.67. The number of hydrogen-bond donors (Lipinski definition) is 3. The maximum Gasteiger partial charge on any atom is 0.326 e. The molecule has 0 fully saturated rings. The Bertz CT molecular complexity index is 644. The maximum absolute atomic E-state index is 12.0. The molecule has 1 atom stereocenters. The predicted octanol–water partition coefficient (Wildman–Crippen LogP) is 1.72. The smallest absolute Gasteiger partial charge is 0.326 e.